The van der Waals surface area contributed by atoms with Gasteiger partial charge in [-0.15, -0.1) is 0 Å². The molecule has 0 atom stereocenters. The van der Waals surface area contributed by atoms with E-state index in [4.69, 9.17) is 9.26 Å². The van der Waals surface area contributed by atoms with Gasteiger partial charge in [0, 0.05) is 24.8 Å². The predicted molar refractivity (Wildman–Crippen MR) is 101 cm³/mol. The van der Waals surface area contributed by atoms with Gasteiger partial charge in [0.25, 0.3) is 5.91 Å². The number of amides is 1. The van der Waals surface area contributed by atoms with Crippen LogP contribution in [0.5, 0.6) is 5.75 Å². The highest BCUT2D eigenvalue weighted by Gasteiger charge is 2.25. The van der Waals surface area contributed by atoms with Crippen LogP contribution in [0.4, 0.5) is 5.69 Å². The van der Waals surface area contributed by atoms with E-state index in [9.17, 15) is 4.79 Å². The molecule has 0 saturated heterocycles. The Hall–Kier alpha value is -3.68. The monoisotopic (exact) mass is 375 g/mol. The number of anilines is 1. The van der Waals surface area contributed by atoms with Crippen molar-refractivity contribution in [1.82, 2.24) is 20.3 Å². The van der Waals surface area contributed by atoms with Crippen LogP contribution in [0.25, 0.3) is 10.9 Å². The molecule has 8 heteroatoms. The second-order valence-corrected chi connectivity index (χ2v) is 6.62. The van der Waals surface area contributed by atoms with Crippen molar-refractivity contribution in [1.29, 1.82) is 0 Å². The lowest BCUT2D eigenvalue weighted by atomic mass is 10.1. The number of carbonyl (C=O) groups excluding carboxylic acids is 1. The minimum absolute atomic E-state index is 0.0442. The third-order valence-corrected chi connectivity index (χ3v) is 4.73. The van der Waals surface area contributed by atoms with E-state index >= 15 is 0 Å². The molecule has 5 rings (SSSR count). The van der Waals surface area contributed by atoms with Crippen LogP contribution >= 0.6 is 0 Å². The normalized spacial score (nSPS) is 13.6. The van der Waals surface area contributed by atoms with Crippen LogP contribution in [0.3, 0.4) is 0 Å². The number of ether oxygens (including phenoxy) is 1. The van der Waals surface area contributed by atoms with E-state index < -0.39 is 0 Å². The third-order valence-electron chi connectivity index (χ3n) is 4.73. The van der Waals surface area contributed by atoms with Gasteiger partial charge in [-0.1, -0.05) is 23.4 Å². The molecule has 28 heavy (non-hydrogen) atoms. The number of nitrogens with one attached hydrogen (secondary N) is 1. The second-order valence-electron chi connectivity index (χ2n) is 6.62. The van der Waals surface area contributed by atoms with Crippen molar-refractivity contribution >= 4 is 22.5 Å². The van der Waals surface area contributed by atoms with Gasteiger partial charge in [-0.25, -0.2) is 0 Å². The molecule has 140 valence electrons. The number of hydrogen-bond donors (Lipinski definition) is 1. The van der Waals surface area contributed by atoms with Crippen molar-refractivity contribution in [2.75, 3.05) is 18.1 Å². The molecule has 0 fully saturated rings. The molecule has 1 aliphatic heterocycles. The minimum Gasteiger partial charge on any atom is -0.482 e. The predicted octanol–water partition coefficient (Wildman–Crippen LogP) is 2.50. The zero-order valence-corrected chi connectivity index (χ0v) is 15.0. The number of hydrogen-bond acceptors (Lipinski definition) is 6. The number of para-hydroxylation sites is 2. The van der Waals surface area contributed by atoms with E-state index in [1.54, 1.807) is 11.1 Å². The first-order valence-corrected chi connectivity index (χ1v) is 9.02. The summed E-state index contributed by atoms with van der Waals surface area (Å²) in [5, 5.41) is 12.1. The Kier molecular flexibility index (Phi) is 4.01. The fourth-order valence-electron chi connectivity index (χ4n) is 3.35. The summed E-state index contributed by atoms with van der Waals surface area (Å²) in [7, 11) is 0. The molecule has 0 saturated carbocycles. The van der Waals surface area contributed by atoms with Crippen LogP contribution in [0.15, 0.2) is 53.2 Å². The summed E-state index contributed by atoms with van der Waals surface area (Å²) >= 11 is 0. The molecule has 3 heterocycles. The van der Waals surface area contributed by atoms with Gasteiger partial charge in [0.05, 0.1) is 17.4 Å². The number of nitrogens with zero attached hydrogens (tertiary/aromatic N) is 4. The summed E-state index contributed by atoms with van der Waals surface area (Å²) < 4.78 is 10.8. The molecule has 0 unspecified atom stereocenters. The summed E-state index contributed by atoms with van der Waals surface area (Å²) in [5.41, 5.74) is 2.85. The Bertz CT molecular complexity index is 1150. The Labute approximate surface area is 160 Å². The Morgan fingerprint density at radius 1 is 1.18 bits per heavy atom. The quantitative estimate of drug-likeness (QED) is 0.576. The minimum atomic E-state index is -0.0770. The fourth-order valence-corrected chi connectivity index (χ4v) is 3.35. The summed E-state index contributed by atoms with van der Waals surface area (Å²) in [6, 6.07) is 13.6. The number of aromatic amines is 1. The van der Waals surface area contributed by atoms with Crippen LogP contribution in [0.1, 0.15) is 17.3 Å². The number of aromatic nitrogens is 4. The van der Waals surface area contributed by atoms with Gasteiger partial charge < -0.3 is 14.2 Å². The summed E-state index contributed by atoms with van der Waals surface area (Å²) in [6.45, 7) is 0.504. The maximum Gasteiger partial charge on any atom is 0.265 e. The maximum absolute atomic E-state index is 12.2. The first-order valence-electron chi connectivity index (χ1n) is 9.02. The van der Waals surface area contributed by atoms with Gasteiger partial charge in [-0.2, -0.15) is 10.1 Å². The first-order chi connectivity index (χ1) is 13.8. The van der Waals surface area contributed by atoms with Gasteiger partial charge in [0.15, 0.2) is 12.4 Å². The van der Waals surface area contributed by atoms with Crippen molar-refractivity contribution in [2.45, 2.75) is 12.8 Å². The van der Waals surface area contributed by atoms with Gasteiger partial charge in [0.1, 0.15) is 5.75 Å². The number of rotatable bonds is 5. The van der Waals surface area contributed by atoms with Crippen LogP contribution < -0.4 is 9.64 Å². The summed E-state index contributed by atoms with van der Waals surface area (Å²) in [6.07, 6.45) is 2.84. The highest BCUT2D eigenvalue weighted by Crippen LogP contribution is 2.31. The van der Waals surface area contributed by atoms with E-state index in [1.807, 2.05) is 36.4 Å². The highest BCUT2D eigenvalue weighted by atomic mass is 16.5. The number of benzene rings is 2. The Balaban J connectivity index is 1.27. The molecule has 8 nitrogen and oxygen atoms in total. The highest BCUT2D eigenvalue weighted by molar-refractivity contribution is 5.97. The molecule has 1 aliphatic rings. The Morgan fingerprint density at radius 2 is 2.11 bits per heavy atom. The zero-order chi connectivity index (χ0) is 18.9. The lowest BCUT2D eigenvalue weighted by Crippen LogP contribution is -2.40. The standard InChI is InChI=1S/C20H17N5O3/c26-20-12-27-17-4-2-1-3-16(17)25(20)8-7-19-22-18(24-28-19)10-13-5-6-15-14(9-13)11-21-23-15/h1-6,9,11H,7-8,10,12H2,(H,21,23). The summed E-state index contributed by atoms with van der Waals surface area (Å²) in [4.78, 5) is 18.4. The van der Waals surface area contributed by atoms with Crippen molar-refractivity contribution < 1.29 is 14.1 Å². The van der Waals surface area contributed by atoms with Crippen molar-refractivity contribution in [2.24, 2.45) is 0 Å². The number of carbonyl (C=O) groups is 1. The Morgan fingerprint density at radius 3 is 3.07 bits per heavy atom. The lowest BCUT2D eigenvalue weighted by Gasteiger charge is -2.28. The van der Waals surface area contributed by atoms with Crippen LogP contribution in [-0.2, 0) is 17.6 Å². The molecule has 2 aromatic heterocycles. The van der Waals surface area contributed by atoms with Gasteiger partial charge in [-0.05, 0) is 29.8 Å². The van der Waals surface area contributed by atoms with E-state index in [2.05, 4.69) is 26.4 Å². The van der Waals surface area contributed by atoms with Gasteiger partial charge >= 0.3 is 0 Å². The number of H-pyrrole nitrogens is 1. The molecular weight excluding hydrogens is 358 g/mol. The molecule has 1 amide bonds. The van der Waals surface area contributed by atoms with Crippen molar-refractivity contribution in [3.63, 3.8) is 0 Å². The van der Waals surface area contributed by atoms with E-state index in [1.165, 1.54) is 0 Å². The fraction of sp³-hybridized carbons (Fsp3) is 0.200. The van der Waals surface area contributed by atoms with E-state index in [-0.39, 0.29) is 12.5 Å². The van der Waals surface area contributed by atoms with E-state index in [0.29, 0.717) is 36.9 Å². The average Bonchev–Trinajstić information content (AvgIpc) is 3.36. The average molecular weight is 375 g/mol. The summed E-state index contributed by atoms with van der Waals surface area (Å²) in [5.74, 6) is 1.76. The molecule has 0 radical (unpaired) electrons. The van der Waals surface area contributed by atoms with E-state index in [0.717, 1.165) is 22.2 Å². The van der Waals surface area contributed by atoms with Gasteiger partial charge in [-0.3, -0.25) is 9.89 Å². The van der Waals surface area contributed by atoms with Crippen molar-refractivity contribution in [3.05, 3.63) is 65.9 Å². The first kappa shape index (κ1) is 16.5. The smallest absolute Gasteiger partial charge is 0.265 e. The van der Waals surface area contributed by atoms with Crippen LogP contribution in [0, 0.1) is 0 Å². The van der Waals surface area contributed by atoms with Crippen LogP contribution in [-0.4, -0.2) is 39.4 Å². The molecule has 0 bridgehead atoms. The SMILES string of the molecule is O=C1COc2ccccc2N1CCc1nc(Cc2ccc3[nH]ncc3c2)no1. The third kappa shape index (κ3) is 3.09. The molecule has 2 aromatic carbocycles. The zero-order valence-electron chi connectivity index (χ0n) is 15.0. The molecular formula is C20H17N5O3. The molecule has 4 aromatic rings. The second kappa shape index (κ2) is 6.80. The topological polar surface area (TPSA) is 97.1 Å². The molecule has 1 N–H and O–H groups in total. The van der Waals surface area contributed by atoms with Crippen LogP contribution in [0.2, 0.25) is 0 Å². The van der Waals surface area contributed by atoms with Crippen molar-refractivity contribution in [3.8, 4) is 5.75 Å². The largest absolute Gasteiger partial charge is 0.482 e. The number of fused-ring (bicyclic) bond motifs is 2. The lowest BCUT2D eigenvalue weighted by molar-refractivity contribution is -0.121. The van der Waals surface area contributed by atoms with Gasteiger partial charge in [0.2, 0.25) is 5.89 Å². The maximum atomic E-state index is 12.2. The molecule has 0 aliphatic carbocycles. The molecule has 0 spiro atoms.